The Bertz CT molecular complexity index is 7420. The molecule has 6 heteroatoms. The Morgan fingerprint density at radius 1 is 0.357 bits per heavy atom. The molecule has 5 heterocycles. The first-order valence-corrected chi connectivity index (χ1v) is 26.2. The van der Waals surface area contributed by atoms with E-state index in [1.807, 2.05) is 0 Å². The van der Waals surface area contributed by atoms with E-state index in [1.54, 1.807) is 41.5 Å². The van der Waals surface area contributed by atoms with Crippen LogP contribution < -0.4 is 31.1 Å². The molecular formula is C78H60BN5. The van der Waals surface area contributed by atoms with Crippen molar-refractivity contribution in [1.29, 1.82) is 0 Å². The lowest BCUT2D eigenvalue weighted by Crippen LogP contribution is -2.61. The fourth-order valence-corrected chi connectivity index (χ4v) is 11.3. The summed E-state index contributed by atoms with van der Waals surface area (Å²) < 4.78 is 415. The highest BCUT2D eigenvalue weighted by atomic mass is 15.2. The summed E-state index contributed by atoms with van der Waals surface area (Å²) in [5.74, 6) is 0. The Morgan fingerprint density at radius 2 is 0.929 bits per heavy atom. The number of aromatic nitrogens is 2. The van der Waals surface area contributed by atoms with Gasteiger partial charge in [-0.3, -0.25) is 0 Å². The van der Waals surface area contributed by atoms with Crippen molar-refractivity contribution in [3.8, 4) is 22.5 Å². The van der Waals surface area contributed by atoms with Crippen molar-refractivity contribution < 1.29 is 57.6 Å². The first-order valence-electron chi connectivity index (χ1n) is 47.2. The van der Waals surface area contributed by atoms with Gasteiger partial charge in [-0.2, -0.15) is 0 Å². The third-order valence-electron chi connectivity index (χ3n) is 15.0. The van der Waals surface area contributed by atoms with Crippen molar-refractivity contribution in [2.24, 2.45) is 0 Å². The summed E-state index contributed by atoms with van der Waals surface area (Å²) in [7, 11) is 0. The van der Waals surface area contributed by atoms with Gasteiger partial charge < -0.3 is 23.8 Å². The molecule has 0 aliphatic carbocycles. The quantitative estimate of drug-likeness (QED) is 0.155. The van der Waals surface area contributed by atoms with Crippen LogP contribution in [0.2, 0.25) is 0 Å². The van der Waals surface area contributed by atoms with Gasteiger partial charge >= 0.3 is 0 Å². The van der Waals surface area contributed by atoms with Gasteiger partial charge in [0.15, 0.2) is 0 Å². The lowest BCUT2D eigenvalue weighted by Gasteiger charge is -2.46. The predicted molar refractivity (Wildman–Crippen MR) is 358 cm³/mol. The zero-order valence-corrected chi connectivity index (χ0v) is 44.8. The SMILES string of the molecule is [2H]c1c([2H])c([2H])c(N(c2c([2H])c([2H])c([2H])c([2H])c2[2H])c2c([2H])c3c4c(c2[2H])N2c5c(c([2H])c([2H])c([2H])c5-n5c6c([2H])c([2H])c([2H])c([2H])c6c6c([2H])c([2H])c([2H])c2c65)B4c2c([2H])c([2H])c(-n4c5c([2H])c([2H])c(C(C)(C)C)c([2H])c5c5c([2H])c(C(C)(C)C)c([2H])c([2H])c54)c([2H])c2N3c2c([2H])c([2H])c(-c3c([2H])c([2H])c4c([2H])c([2H])c([2H])c([2H])c4c3[2H])c([2H])c2[2H])c([2H])c1[2H]. The zero-order valence-electron chi connectivity index (χ0n) is 86.8. The normalized spacial score (nSPS) is 20.3. The molecule has 0 unspecified atom stereocenters. The number of benzene rings is 12. The Kier molecular flexibility index (Phi) is 4.77. The van der Waals surface area contributed by atoms with Crippen LogP contribution >= 0.6 is 0 Å². The number of hydrogen-bond acceptors (Lipinski definition) is 3. The Hall–Kier alpha value is -10.0. The highest BCUT2D eigenvalue weighted by Crippen LogP contribution is 2.54. The topological polar surface area (TPSA) is 19.6 Å². The van der Waals surface area contributed by atoms with Crippen LogP contribution in [0.15, 0.2) is 254 Å². The van der Waals surface area contributed by atoms with Crippen LogP contribution in [0.25, 0.3) is 76.9 Å². The fourth-order valence-electron chi connectivity index (χ4n) is 11.3. The van der Waals surface area contributed by atoms with Gasteiger partial charge in [-0.15, -0.1) is 0 Å². The van der Waals surface area contributed by atoms with Crippen LogP contribution in [-0.2, 0) is 10.8 Å². The van der Waals surface area contributed by atoms with Crippen LogP contribution in [0.5, 0.6) is 0 Å². The molecule has 14 aromatic rings. The molecule has 0 spiro atoms. The molecule has 84 heavy (non-hydrogen) atoms. The second-order valence-corrected chi connectivity index (χ2v) is 22.1. The van der Waals surface area contributed by atoms with Crippen LogP contribution in [-0.4, -0.2) is 15.8 Å². The summed E-state index contributed by atoms with van der Waals surface area (Å²) in [6.45, 7) is 7.18. The van der Waals surface area contributed by atoms with Gasteiger partial charge in [-0.1, -0.05) is 187 Å². The molecule has 0 bridgehead atoms. The van der Waals surface area contributed by atoms with Crippen molar-refractivity contribution in [2.75, 3.05) is 14.7 Å². The monoisotopic (exact) mass is 1120 g/mol. The number of anilines is 9. The molecule has 2 aromatic heterocycles. The van der Waals surface area contributed by atoms with Gasteiger partial charge in [0.25, 0.3) is 6.71 Å². The molecular weight excluding hydrogens is 1020 g/mol. The van der Waals surface area contributed by atoms with Gasteiger partial charge in [0, 0.05) is 61.4 Å². The number of nitrogens with zero attached hydrogens (tertiary/aromatic N) is 5. The number of para-hydroxylation sites is 5. The average molecular weight is 1120 g/mol. The maximum atomic E-state index is 11.4. The van der Waals surface area contributed by atoms with Crippen LogP contribution in [0.1, 0.15) is 110 Å². The first kappa shape index (κ1) is 22.6. The first-order chi connectivity index (χ1) is 58.5. The lowest BCUT2D eigenvalue weighted by atomic mass is 9.33. The number of hydrogen-bond donors (Lipinski definition) is 0. The van der Waals surface area contributed by atoms with Crippen LogP contribution in [0.4, 0.5) is 51.2 Å². The molecule has 0 fully saturated rings. The molecule has 400 valence electrons. The van der Waals surface area contributed by atoms with Crippen molar-refractivity contribution in [1.82, 2.24) is 9.13 Å². The summed E-state index contributed by atoms with van der Waals surface area (Å²) >= 11 is 0. The molecule has 0 saturated carbocycles. The van der Waals surface area contributed by atoms with E-state index in [1.165, 1.54) is 0 Å². The van der Waals surface area contributed by atoms with Crippen molar-refractivity contribution in [3.05, 3.63) is 265 Å². The smallest absolute Gasteiger partial charge is 0.252 e. The molecule has 0 amide bonds. The van der Waals surface area contributed by atoms with Gasteiger partial charge in [0.1, 0.15) is 0 Å². The Labute approximate surface area is 549 Å². The molecule has 5 nitrogen and oxygen atoms in total. The maximum absolute atomic E-state index is 11.4. The van der Waals surface area contributed by atoms with E-state index in [0.29, 0.717) is 9.80 Å². The van der Waals surface area contributed by atoms with Gasteiger partial charge in [0.2, 0.25) is 0 Å². The van der Waals surface area contributed by atoms with Crippen molar-refractivity contribution in [2.45, 2.75) is 52.4 Å². The average Bonchev–Trinajstić information content (AvgIpc) is 1.15. The molecule has 0 atom stereocenters. The minimum absolute atomic E-state index is 0.121. The van der Waals surface area contributed by atoms with E-state index < -0.39 is 416 Å². The molecule has 0 N–H and O–H groups in total. The number of fused-ring (bicyclic) bond motifs is 13. The largest absolute Gasteiger partial charge is 0.311 e. The lowest BCUT2D eigenvalue weighted by molar-refractivity contribution is 0.590. The maximum Gasteiger partial charge on any atom is 0.252 e. The van der Waals surface area contributed by atoms with Crippen LogP contribution in [0, 0.1) is 0 Å². The van der Waals surface area contributed by atoms with E-state index >= 15 is 0 Å². The van der Waals surface area contributed by atoms with Gasteiger partial charge in [-0.25, -0.2) is 0 Å². The molecule has 0 radical (unpaired) electrons. The summed E-state index contributed by atoms with van der Waals surface area (Å²) in [4.78, 5) is 1.62. The van der Waals surface area contributed by atoms with E-state index in [-0.39, 0.29) is 11.1 Å². The third-order valence-corrected chi connectivity index (χ3v) is 15.0. The van der Waals surface area contributed by atoms with Gasteiger partial charge in [0.05, 0.1) is 102 Å². The summed E-state index contributed by atoms with van der Waals surface area (Å²) in [5, 5.41) is -3.43. The minimum atomic E-state index is -2.46. The second-order valence-electron chi connectivity index (χ2n) is 22.1. The third kappa shape index (κ3) is 7.10. The van der Waals surface area contributed by atoms with Crippen molar-refractivity contribution >= 4 is 129 Å². The minimum Gasteiger partial charge on any atom is -0.311 e. The summed E-state index contributed by atoms with van der Waals surface area (Å²) in [6.07, 6.45) is 0. The second kappa shape index (κ2) is 17.7. The molecule has 3 aliphatic rings. The van der Waals surface area contributed by atoms with E-state index in [2.05, 4.69) is 0 Å². The zero-order chi connectivity index (χ0) is 92.9. The van der Waals surface area contributed by atoms with E-state index in [4.69, 9.17) is 11.0 Å². The Balaban J connectivity index is 1.19. The standard InChI is InChI=1S/C78H60BN5/c1-77(2,3)53-35-41-67-62(44-53)63-45-54(78(4,5)6)36-42-68(63)82(67)58-39-40-64-71(46-58)81(57-37-33-50(34-38-57)52-32-31-49-19-13-14-20-51(49)43-52)72-47-59(80(55-21-9-7-10-22-55)56-23-11-8-12-24-56)48-73-74(72)79(64)65-27-18-30-70-76(65)84(73)69-29-17-26-61-60-25-15-16-28-66(60)83(70)75(61)69/h7-48H,1-6H3/i7D,8D,9D,10D,11D,12D,13D,14D,15D,16D,17D,18D,19D,20D,21D,22D,23D,24D,25D,26D,27D,28D,29D,30D,31D,32D,33D,34D,35D,36D,37D,38D,39D,40D,41D,42D,43D,44D,45D,46D,47D,48D. The van der Waals surface area contributed by atoms with E-state index in [0.717, 1.165) is 14.0 Å². The summed E-state index contributed by atoms with van der Waals surface area (Å²) in [6, 6.07) is -46.1. The highest BCUT2D eigenvalue weighted by Gasteiger charge is 2.47. The number of rotatable bonds is 6. The molecule has 17 rings (SSSR count). The fraction of sp³-hybridized carbons (Fsp3) is 0.103. The van der Waals surface area contributed by atoms with Crippen LogP contribution in [0.3, 0.4) is 0 Å². The molecule has 12 aromatic carbocycles. The van der Waals surface area contributed by atoms with Gasteiger partial charge in [-0.05, 0) is 169 Å². The van der Waals surface area contributed by atoms with Crippen molar-refractivity contribution in [3.63, 3.8) is 0 Å². The molecule has 0 saturated heterocycles. The molecule has 3 aliphatic heterocycles. The highest BCUT2D eigenvalue weighted by molar-refractivity contribution is 7.00. The Morgan fingerprint density at radius 3 is 1.62 bits per heavy atom. The van der Waals surface area contributed by atoms with E-state index in [9.17, 15) is 46.6 Å². The summed E-state index contributed by atoms with van der Waals surface area (Å²) in [5.41, 5.74) is -21.7. The predicted octanol–water partition coefficient (Wildman–Crippen LogP) is 19.2.